The molecule has 4 heteroatoms. The van der Waals surface area contributed by atoms with Gasteiger partial charge in [0, 0.05) is 6.54 Å². The van der Waals surface area contributed by atoms with Crippen LogP contribution in [0.3, 0.4) is 0 Å². The van der Waals surface area contributed by atoms with Crippen molar-refractivity contribution in [3.05, 3.63) is 16.9 Å². The maximum Gasteiger partial charge on any atom is 0.0837 e. The molecule has 0 aromatic carbocycles. The Bertz CT molecular complexity index is 367. The zero-order chi connectivity index (χ0) is 12.3. The number of hydrogen-bond acceptors (Lipinski definition) is 2. The Balaban J connectivity index is 2.37. The minimum atomic E-state index is 0.0670. The lowest BCUT2D eigenvalue weighted by atomic mass is 9.88. The summed E-state index contributed by atoms with van der Waals surface area (Å²) < 4.78 is 2.09. The molecule has 1 aliphatic rings. The number of rotatable bonds is 5. The fraction of sp³-hybridized carbons (Fsp3) is 0.769. The summed E-state index contributed by atoms with van der Waals surface area (Å²) in [5, 5.41) is 8.91. The maximum absolute atomic E-state index is 6.36. The molecule has 1 aliphatic heterocycles. The third kappa shape index (κ3) is 2.36. The molecule has 1 N–H and O–H groups in total. The number of aromatic nitrogens is 2. The van der Waals surface area contributed by atoms with E-state index in [1.165, 1.54) is 25.0 Å². The Kier molecular flexibility index (Phi) is 4.10. The SMILES string of the molecule is CCCn1ncc(Cl)c1C1(CCC)CCCN1. The normalized spacial score (nSPS) is 24.4. The van der Waals surface area contributed by atoms with Gasteiger partial charge in [0.1, 0.15) is 0 Å². The van der Waals surface area contributed by atoms with Crippen LogP contribution >= 0.6 is 11.6 Å². The standard InChI is InChI=1S/C13H22ClN3/c1-3-6-13(7-5-8-15-13)12-11(14)10-16-17(12)9-4-2/h10,15H,3-9H2,1-2H3. The van der Waals surface area contributed by atoms with Crippen LogP contribution in [-0.4, -0.2) is 16.3 Å². The molecule has 96 valence electrons. The average Bonchev–Trinajstić information content (AvgIpc) is 2.88. The second-order valence-corrected chi connectivity index (χ2v) is 5.33. The first-order chi connectivity index (χ1) is 8.23. The smallest absolute Gasteiger partial charge is 0.0837 e. The van der Waals surface area contributed by atoms with Gasteiger partial charge in [0.2, 0.25) is 0 Å². The van der Waals surface area contributed by atoms with E-state index in [0.29, 0.717) is 0 Å². The van der Waals surface area contributed by atoms with E-state index in [4.69, 9.17) is 11.6 Å². The van der Waals surface area contributed by atoms with Crippen LogP contribution in [-0.2, 0) is 12.1 Å². The van der Waals surface area contributed by atoms with E-state index in [-0.39, 0.29) is 5.54 Å². The lowest BCUT2D eigenvalue weighted by Crippen LogP contribution is -2.39. The van der Waals surface area contributed by atoms with Crippen molar-refractivity contribution in [3.8, 4) is 0 Å². The van der Waals surface area contributed by atoms with E-state index in [1.807, 2.05) is 0 Å². The predicted molar refractivity (Wildman–Crippen MR) is 71.4 cm³/mol. The average molecular weight is 256 g/mol. The molecular formula is C13H22ClN3. The number of halogens is 1. The molecule has 1 fully saturated rings. The molecule has 0 amide bonds. The van der Waals surface area contributed by atoms with Gasteiger partial charge in [0.05, 0.1) is 22.5 Å². The molecular weight excluding hydrogens is 234 g/mol. The molecule has 0 spiro atoms. The quantitative estimate of drug-likeness (QED) is 0.875. The zero-order valence-electron chi connectivity index (χ0n) is 10.8. The van der Waals surface area contributed by atoms with Crippen molar-refractivity contribution in [2.45, 2.75) is 58.0 Å². The van der Waals surface area contributed by atoms with Crippen molar-refractivity contribution in [1.82, 2.24) is 15.1 Å². The number of nitrogens with zero attached hydrogens (tertiary/aromatic N) is 2. The van der Waals surface area contributed by atoms with Crippen LogP contribution < -0.4 is 5.32 Å². The molecule has 1 unspecified atom stereocenters. The van der Waals surface area contributed by atoms with E-state index >= 15 is 0 Å². The Morgan fingerprint density at radius 3 is 2.88 bits per heavy atom. The van der Waals surface area contributed by atoms with E-state index in [0.717, 1.165) is 31.0 Å². The van der Waals surface area contributed by atoms with Crippen molar-refractivity contribution in [2.75, 3.05) is 6.54 Å². The predicted octanol–water partition coefficient (Wildman–Crippen LogP) is 3.33. The first-order valence-electron chi connectivity index (χ1n) is 6.70. The molecule has 0 aliphatic carbocycles. The first-order valence-corrected chi connectivity index (χ1v) is 7.08. The van der Waals surface area contributed by atoms with Crippen molar-refractivity contribution in [3.63, 3.8) is 0 Å². The van der Waals surface area contributed by atoms with E-state index in [9.17, 15) is 0 Å². The van der Waals surface area contributed by atoms with Gasteiger partial charge in [-0.25, -0.2) is 0 Å². The molecule has 2 heterocycles. The second kappa shape index (κ2) is 5.40. The summed E-state index contributed by atoms with van der Waals surface area (Å²) in [7, 11) is 0. The Labute approximate surface area is 109 Å². The van der Waals surface area contributed by atoms with Gasteiger partial charge in [-0.3, -0.25) is 4.68 Å². The van der Waals surface area contributed by atoms with Gasteiger partial charge in [0.25, 0.3) is 0 Å². The second-order valence-electron chi connectivity index (χ2n) is 4.93. The summed E-state index contributed by atoms with van der Waals surface area (Å²) in [4.78, 5) is 0. The molecule has 1 saturated heterocycles. The van der Waals surface area contributed by atoms with Crippen LogP contribution in [0.25, 0.3) is 0 Å². The minimum absolute atomic E-state index is 0.0670. The van der Waals surface area contributed by atoms with Crippen LogP contribution in [0.15, 0.2) is 6.20 Å². The summed E-state index contributed by atoms with van der Waals surface area (Å²) in [6.07, 6.45) is 7.60. The van der Waals surface area contributed by atoms with E-state index in [1.54, 1.807) is 6.20 Å². The number of aryl methyl sites for hydroxylation is 1. The summed E-state index contributed by atoms with van der Waals surface area (Å²) in [5.74, 6) is 0. The van der Waals surface area contributed by atoms with Gasteiger partial charge in [0.15, 0.2) is 0 Å². The molecule has 0 bridgehead atoms. The van der Waals surface area contributed by atoms with Crippen LogP contribution in [0, 0.1) is 0 Å². The third-order valence-corrected chi connectivity index (χ3v) is 3.88. The molecule has 2 rings (SSSR count). The maximum atomic E-state index is 6.36. The fourth-order valence-corrected chi connectivity index (χ4v) is 3.31. The van der Waals surface area contributed by atoms with Crippen molar-refractivity contribution >= 4 is 11.6 Å². The minimum Gasteiger partial charge on any atom is -0.306 e. The van der Waals surface area contributed by atoms with Crippen molar-refractivity contribution in [2.24, 2.45) is 0 Å². The Hall–Kier alpha value is -0.540. The first kappa shape index (κ1) is 12.9. The third-order valence-electron chi connectivity index (χ3n) is 3.60. The molecule has 0 saturated carbocycles. The topological polar surface area (TPSA) is 29.9 Å². The highest BCUT2D eigenvalue weighted by Crippen LogP contribution is 2.38. The lowest BCUT2D eigenvalue weighted by molar-refractivity contribution is 0.324. The zero-order valence-corrected chi connectivity index (χ0v) is 11.6. The number of nitrogens with one attached hydrogen (secondary N) is 1. The summed E-state index contributed by atoms with van der Waals surface area (Å²) in [6, 6.07) is 0. The van der Waals surface area contributed by atoms with Crippen molar-refractivity contribution in [1.29, 1.82) is 0 Å². The van der Waals surface area contributed by atoms with Gasteiger partial charge >= 0.3 is 0 Å². The Morgan fingerprint density at radius 2 is 2.29 bits per heavy atom. The van der Waals surface area contributed by atoms with Gasteiger partial charge in [-0.05, 0) is 32.2 Å². The van der Waals surface area contributed by atoms with Gasteiger partial charge < -0.3 is 5.32 Å². The summed E-state index contributed by atoms with van der Waals surface area (Å²) in [6.45, 7) is 6.45. The van der Waals surface area contributed by atoms with Crippen LogP contribution in [0.4, 0.5) is 0 Å². The lowest BCUT2D eigenvalue weighted by Gasteiger charge is -2.30. The van der Waals surface area contributed by atoms with Crippen molar-refractivity contribution < 1.29 is 0 Å². The molecule has 1 aromatic heterocycles. The van der Waals surface area contributed by atoms with Gasteiger partial charge in [-0.15, -0.1) is 0 Å². The van der Waals surface area contributed by atoms with Crippen LogP contribution in [0.1, 0.15) is 51.6 Å². The summed E-state index contributed by atoms with van der Waals surface area (Å²) in [5.41, 5.74) is 1.28. The monoisotopic (exact) mass is 255 g/mol. The molecule has 0 radical (unpaired) electrons. The molecule has 3 nitrogen and oxygen atoms in total. The van der Waals surface area contributed by atoms with E-state index < -0.39 is 0 Å². The Morgan fingerprint density at radius 1 is 1.47 bits per heavy atom. The highest BCUT2D eigenvalue weighted by atomic mass is 35.5. The highest BCUT2D eigenvalue weighted by molar-refractivity contribution is 6.31. The highest BCUT2D eigenvalue weighted by Gasteiger charge is 2.38. The largest absolute Gasteiger partial charge is 0.306 e. The summed E-state index contributed by atoms with van der Waals surface area (Å²) >= 11 is 6.36. The van der Waals surface area contributed by atoms with E-state index in [2.05, 4.69) is 28.9 Å². The van der Waals surface area contributed by atoms with Gasteiger partial charge in [-0.1, -0.05) is 31.9 Å². The molecule has 1 atom stereocenters. The fourth-order valence-electron chi connectivity index (χ4n) is 2.99. The molecule has 1 aromatic rings. The van der Waals surface area contributed by atoms with Crippen LogP contribution in [0.5, 0.6) is 0 Å². The number of hydrogen-bond donors (Lipinski definition) is 1. The van der Waals surface area contributed by atoms with Crippen LogP contribution in [0.2, 0.25) is 5.02 Å². The molecule has 17 heavy (non-hydrogen) atoms. The van der Waals surface area contributed by atoms with Gasteiger partial charge in [-0.2, -0.15) is 5.10 Å².